The molecule has 0 aromatic heterocycles. The Morgan fingerprint density at radius 1 is 1.26 bits per heavy atom. The van der Waals surface area contributed by atoms with Crippen molar-refractivity contribution in [3.63, 3.8) is 0 Å². The van der Waals surface area contributed by atoms with Crippen molar-refractivity contribution in [3.05, 3.63) is 35.9 Å². The summed E-state index contributed by atoms with van der Waals surface area (Å²) in [6.45, 7) is 4.26. The van der Waals surface area contributed by atoms with Crippen LogP contribution in [0.5, 0.6) is 0 Å². The Bertz CT molecular complexity index is 666. The lowest BCUT2D eigenvalue weighted by molar-refractivity contribution is -0.140. The summed E-state index contributed by atoms with van der Waals surface area (Å²) in [5, 5.41) is 2.80. The summed E-state index contributed by atoms with van der Waals surface area (Å²) in [5.74, 6) is -0.972. The predicted molar refractivity (Wildman–Crippen MR) is 105 cm³/mol. The number of alkyl halides is 1. The van der Waals surface area contributed by atoms with Crippen molar-refractivity contribution in [1.82, 2.24) is 10.2 Å². The van der Waals surface area contributed by atoms with E-state index in [9.17, 15) is 14.4 Å². The number of benzene rings is 1. The number of nitrogens with one attached hydrogen (secondary N) is 1. The number of hydrogen-bond acceptors (Lipinski definition) is 4. The predicted octanol–water partition coefficient (Wildman–Crippen LogP) is 1.50. The fourth-order valence-electron chi connectivity index (χ4n) is 3.24. The van der Waals surface area contributed by atoms with Crippen LogP contribution in [-0.4, -0.2) is 53.0 Å². The van der Waals surface area contributed by atoms with Gasteiger partial charge in [0, 0.05) is 6.54 Å². The van der Waals surface area contributed by atoms with E-state index < -0.39 is 18.1 Å². The van der Waals surface area contributed by atoms with E-state index >= 15 is 0 Å². The molecule has 1 aromatic carbocycles. The Labute approximate surface area is 165 Å². The molecule has 2 amide bonds. The number of ketones is 1. The molecule has 2 rings (SSSR count). The zero-order chi connectivity index (χ0) is 20.0. The van der Waals surface area contributed by atoms with Crippen molar-refractivity contribution >= 4 is 29.2 Å². The van der Waals surface area contributed by atoms with Gasteiger partial charge in [-0.1, -0.05) is 44.2 Å². The third-order valence-electron chi connectivity index (χ3n) is 4.96. The van der Waals surface area contributed by atoms with Crippen LogP contribution in [0.3, 0.4) is 0 Å². The van der Waals surface area contributed by atoms with E-state index in [0.717, 1.165) is 12.0 Å². The van der Waals surface area contributed by atoms with Crippen LogP contribution in [0.4, 0.5) is 0 Å². The third-order valence-corrected chi connectivity index (χ3v) is 5.22. The molecule has 1 saturated heterocycles. The average Bonchev–Trinajstić information content (AvgIpc) is 3.16. The van der Waals surface area contributed by atoms with Crippen molar-refractivity contribution in [1.29, 1.82) is 0 Å². The number of likely N-dealkylation sites (tertiary alicyclic amines) is 1. The summed E-state index contributed by atoms with van der Waals surface area (Å²) in [6.07, 6.45) is 1.67. The summed E-state index contributed by atoms with van der Waals surface area (Å²) in [5.41, 5.74) is 6.91. The van der Waals surface area contributed by atoms with Gasteiger partial charge in [-0.25, -0.2) is 0 Å². The van der Waals surface area contributed by atoms with Crippen molar-refractivity contribution in [2.75, 3.05) is 12.4 Å². The highest BCUT2D eigenvalue weighted by Crippen LogP contribution is 2.20. The molecule has 1 heterocycles. The number of carbonyl (C=O) groups excluding carboxylic acids is 3. The van der Waals surface area contributed by atoms with Gasteiger partial charge in [0.15, 0.2) is 5.78 Å². The van der Waals surface area contributed by atoms with Gasteiger partial charge in [0.1, 0.15) is 6.04 Å². The zero-order valence-corrected chi connectivity index (χ0v) is 16.6. The highest BCUT2D eigenvalue weighted by Gasteiger charge is 2.37. The van der Waals surface area contributed by atoms with Crippen molar-refractivity contribution in [2.45, 2.75) is 51.2 Å². The van der Waals surface area contributed by atoms with Crippen LogP contribution >= 0.6 is 11.6 Å². The van der Waals surface area contributed by atoms with Gasteiger partial charge in [0.05, 0.1) is 18.0 Å². The summed E-state index contributed by atoms with van der Waals surface area (Å²) < 4.78 is 0. The lowest BCUT2D eigenvalue weighted by atomic mass is 10.0. The van der Waals surface area contributed by atoms with E-state index in [1.165, 1.54) is 0 Å². The Balaban J connectivity index is 2.09. The molecule has 0 unspecified atom stereocenters. The minimum Gasteiger partial charge on any atom is -0.344 e. The van der Waals surface area contributed by atoms with E-state index in [0.29, 0.717) is 19.4 Å². The van der Waals surface area contributed by atoms with Crippen LogP contribution in [0.2, 0.25) is 0 Å². The normalized spacial score (nSPS) is 19.0. The van der Waals surface area contributed by atoms with Gasteiger partial charge in [-0.3, -0.25) is 14.4 Å². The van der Waals surface area contributed by atoms with E-state index in [1.807, 2.05) is 44.2 Å². The second kappa shape index (κ2) is 9.85. The second-order valence-corrected chi connectivity index (χ2v) is 7.58. The molecule has 0 aliphatic carbocycles. The van der Waals surface area contributed by atoms with Crippen molar-refractivity contribution < 1.29 is 14.4 Å². The molecular weight excluding hydrogens is 366 g/mol. The molecular formula is C20H28ClN3O3. The Kier molecular flexibility index (Phi) is 7.80. The van der Waals surface area contributed by atoms with Crippen LogP contribution in [0, 0.1) is 5.92 Å². The summed E-state index contributed by atoms with van der Waals surface area (Å²) >= 11 is 5.73. The summed E-state index contributed by atoms with van der Waals surface area (Å²) in [7, 11) is 0. The highest BCUT2D eigenvalue weighted by molar-refractivity contribution is 6.28. The number of nitrogens with zero attached hydrogens (tertiary/aromatic N) is 1. The minimum absolute atomic E-state index is 0.00883. The van der Waals surface area contributed by atoms with Crippen molar-refractivity contribution in [3.8, 4) is 0 Å². The summed E-state index contributed by atoms with van der Waals surface area (Å²) in [6, 6.07) is 7.50. The first-order chi connectivity index (χ1) is 12.8. The van der Waals surface area contributed by atoms with E-state index in [2.05, 4.69) is 5.32 Å². The number of nitrogens with two attached hydrogens (primary N) is 1. The molecule has 148 valence electrons. The first-order valence-corrected chi connectivity index (χ1v) is 9.87. The van der Waals surface area contributed by atoms with Gasteiger partial charge >= 0.3 is 0 Å². The molecule has 1 aliphatic heterocycles. The number of halogens is 1. The maximum absolute atomic E-state index is 12.8. The Morgan fingerprint density at radius 3 is 2.52 bits per heavy atom. The van der Waals surface area contributed by atoms with E-state index in [1.54, 1.807) is 4.90 Å². The topological polar surface area (TPSA) is 92.5 Å². The van der Waals surface area contributed by atoms with Gasteiger partial charge < -0.3 is 16.0 Å². The molecule has 0 radical (unpaired) electrons. The molecule has 0 bridgehead atoms. The lowest BCUT2D eigenvalue weighted by Gasteiger charge is -2.29. The van der Waals surface area contributed by atoms with Crippen LogP contribution in [0.1, 0.15) is 32.3 Å². The molecule has 27 heavy (non-hydrogen) atoms. The lowest BCUT2D eigenvalue weighted by Crippen LogP contribution is -2.55. The third kappa shape index (κ3) is 5.53. The fourth-order valence-corrected chi connectivity index (χ4v) is 3.42. The molecule has 3 N–H and O–H groups in total. The van der Waals surface area contributed by atoms with Crippen LogP contribution < -0.4 is 11.1 Å². The molecule has 1 aromatic rings. The van der Waals surface area contributed by atoms with Gasteiger partial charge in [0.2, 0.25) is 11.8 Å². The highest BCUT2D eigenvalue weighted by atomic mass is 35.5. The summed E-state index contributed by atoms with van der Waals surface area (Å²) in [4.78, 5) is 39.2. The quantitative estimate of drug-likeness (QED) is 0.654. The Morgan fingerprint density at radius 2 is 1.93 bits per heavy atom. The van der Waals surface area contributed by atoms with Crippen LogP contribution in [0.15, 0.2) is 30.3 Å². The van der Waals surface area contributed by atoms with Gasteiger partial charge in [0.25, 0.3) is 0 Å². The molecule has 3 atom stereocenters. The SMILES string of the molecule is CC(C)[C@H](N)C(=O)N1CCC[C@H]1C(=O)N[C@@H](Cc1ccccc1)C(=O)CCl. The molecule has 0 saturated carbocycles. The number of Topliss-reactive ketones (excluding diaryl/α,β-unsaturated/α-hetero) is 1. The Hall–Kier alpha value is -1.92. The molecule has 1 aliphatic rings. The fraction of sp³-hybridized carbons (Fsp3) is 0.550. The molecule has 6 nitrogen and oxygen atoms in total. The molecule has 1 fully saturated rings. The average molecular weight is 394 g/mol. The monoisotopic (exact) mass is 393 g/mol. The minimum atomic E-state index is -0.714. The number of hydrogen-bond donors (Lipinski definition) is 2. The number of rotatable bonds is 8. The van der Waals surface area contributed by atoms with E-state index in [-0.39, 0.29) is 29.4 Å². The standard InChI is InChI=1S/C20H28ClN3O3/c1-13(2)18(22)20(27)24-10-6-9-16(24)19(26)23-15(17(25)12-21)11-14-7-4-3-5-8-14/h3-5,7-8,13,15-16,18H,6,9-12,22H2,1-2H3,(H,23,26)/t15-,16-,18-/m0/s1. The first-order valence-electron chi connectivity index (χ1n) is 9.34. The van der Waals surface area contributed by atoms with Gasteiger partial charge in [-0.2, -0.15) is 0 Å². The first kappa shape index (κ1) is 21.4. The van der Waals surface area contributed by atoms with Crippen LogP contribution in [0.25, 0.3) is 0 Å². The maximum Gasteiger partial charge on any atom is 0.243 e. The molecule has 0 spiro atoms. The van der Waals surface area contributed by atoms with E-state index in [4.69, 9.17) is 17.3 Å². The number of amides is 2. The molecule has 7 heteroatoms. The van der Waals surface area contributed by atoms with Crippen LogP contribution in [-0.2, 0) is 20.8 Å². The second-order valence-electron chi connectivity index (χ2n) is 7.31. The van der Waals surface area contributed by atoms with Gasteiger partial charge in [-0.05, 0) is 30.7 Å². The maximum atomic E-state index is 12.8. The smallest absolute Gasteiger partial charge is 0.243 e. The number of carbonyl (C=O) groups is 3. The van der Waals surface area contributed by atoms with Gasteiger partial charge in [-0.15, -0.1) is 11.6 Å². The zero-order valence-electron chi connectivity index (χ0n) is 15.9. The van der Waals surface area contributed by atoms with Crippen molar-refractivity contribution in [2.24, 2.45) is 11.7 Å². The largest absolute Gasteiger partial charge is 0.344 e.